The highest BCUT2D eigenvalue weighted by molar-refractivity contribution is 6.00. The molecule has 0 spiro atoms. The third kappa shape index (κ3) is 6.55. The van der Waals surface area contributed by atoms with E-state index in [4.69, 9.17) is 5.73 Å². The molecule has 0 aliphatic heterocycles. The zero-order chi connectivity index (χ0) is 18.2. The standard InChI is InChI=1S/C19H25N5O/c1-13(2)12-21-18(20)22-15-8-10-17(11-9-15)24-19(25)23-16-6-4-14(3)5-7-16/h4-11,13H,12H2,1-3H3,(H3,20,21,22)(H2,23,24,25). The Morgan fingerprint density at radius 3 is 1.84 bits per heavy atom. The van der Waals surface area contributed by atoms with Gasteiger partial charge in [-0.3, -0.25) is 4.99 Å². The molecule has 0 heterocycles. The number of nitrogens with two attached hydrogens (primary N) is 1. The van der Waals surface area contributed by atoms with Crippen LogP contribution < -0.4 is 21.7 Å². The highest BCUT2D eigenvalue weighted by Gasteiger charge is 2.03. The minimum absolute atomic E-state index is 0.289. The van der Waals surface area contributed by atoms with Gasteiger partial charge in [0.15, 0.2) is 5.96 Å². The predicted octanol–water partition coefficient (Wildman–Crippen LogP) is 4.02. The highest BCUT2D eigenvalue weighted by Crippen LogP contribution is 2.14. The lowest BCUT2D eigenvalue weighted by Gasteiger charge is -2.10. The summed E-state index contributed by atoms with van der Waals surface area (Å²) in [5.74, 6) is 0.838. The van der Waals surface area contributed by atoms with Gasteiger partial charge in [-0.15, -0.1) is 0 Å². The van der Waals surface area contributed by atoms with Crippen LogP contribution in [0.3, 0.4) is 0 Å². The van der Waals surface area contributed by atoms with E-state index in [1.807, 2.05) is 43.3 Å². The van der Waals surface area contributed by atoms with Crippen LogP contribution in [0.2, 0.25) is 0 Å². The second-order valence-electron chi connectivity index (χ2n) is 6.27. The summed E-state index contributed by atoms with van der Waals surface area (Å²) in [7, 11) is 0. The molecule has 0 aliphatic rings. The Bertz CT molecular complexity index is 720. The fraction of sp³-hybridized carbons (Fsp3) is 0.263. The van der Waals surface area contributed by atoms with Crippen molar-refractivity contribution in [3.63, 3.8) is 0 Å². The molecule has 5 N–H and O–H groups in total. The van der Waals surface area contributed by atoms with Crippen molar-refractivity contribution < 1.29 is 4.79 Å². The van der Waals surface area contributed by atoms with Gasteiger partial charge < -0.3 is 21.7 Å². The number of nitrogens with zero attached hydrogens (tertiary/aromatic N) is 1. The molecule has 6 nitrogen and oxygen atoms in total. The van der Waals surface area contributed by atoms with Crippen molar-refractivity contribution in [3.05, 3.63) is 54.1 Å². The summed E-state index contributed by atoms with van der Waals surface area (Å²) in [6.07, 6.45) is 0. The van der Waals surface area contributed by atoms with Crippen molar-refractivity contribution >= 4 is 29.1 Å². The lowest BCUT2D eigenvalue weighted by atomic mass is 10.2. The van der Waals surface area contributed by atoms with Gasteiger partial charge in [-0.2, -0.15) is 0 Å². The molecule has 0 saturated carbocycles. The minimum atomic E-state index is -0.289. The molecule has 2 rings (SSSR count). The number of rotatable bonds is 5. The van der Waals surface area contributed by atoms with E-state index in [1.165, 1.54) is 0 Å². The van der Waals surface area contributed by atoms with Gasteiger partial charge >= 0.3 is 6.03 Å². The largest absolute Gasteiger partial charge is 0.370 e. The second kappa shape index (κ2) is 8.73. The average Bonchev–Trinajstić information content (AvgIpc) is 2.57. The molecule has 132 valence electrons. The molecule has 0 fully saturated rings. The zero-order valence-electron chi connectivity index (χ0n) is 14.8. The van der Waals surface area contributed by atoms with Crippen molar-refractivity contribution in [1.29, 1.82) is 0 Å². The number of nitrogens with one attached hydrogen (secondary N) is 3. The molecular weight excluding hydrogens is 314 g/mol. The maximum absolute atomic E-state index is 12.0. The van der Waals surface area contributed by atoms with Gasteiger partial charge in [-0.25, -0.2) is 4.79 Å². The fourth-order valence-corrected chi connectivity index (χ4v) is 2.04. The zero-order valence-corrected chi connectivity index (χ0v) is 14.8. The Morgan fingerprint density at radius 1 is 0.920 bits per heavy atom. The number of hydrogen-bond acceptors (Lipinski definition) is 2. The van der Waals surface area contributed by atoms with Gasteiger partial charge in [0, 0.05) is 23.6 Å². The number of amides is 2. The van der Waals surface area contributed by atoms with Gasteiger partial charge in [0.05, 0.1) is 0 Å². The normalized spacial score (nSPS) is 11.3. The second-order valence-corrected chi connectivity index (χ2v) is 6.27. The number of hydrogen-bond donors (Lipinski definition) is 4. The summed E-state index contributed by atoms with van der Waals surface area (Å²) >= 11 is 0. The number of anilines is 3. The molecule has 0 saturated heterocycles. The molecule has 0 unspecified atom stereocenters. The lowest BCUT2D eigenvalue weighted by Crippen LogP contribution is -2.23. The molecule has 2 aromatic carbocycles. The first kappa shape index (κ1) is 18.3. The topological polar surface area (TPSA) is 91.5 Å². The first-order valence-corrected chi connectivity index (χ1v) is 8.24. The molecular formula is C19H25N5O. The van der Waals surface area contributed by atoms with Crippen molar-refractivity contribution in [2.24, 2.45) is 16.6 Å². The first-order chi connectivity index (χ1) is 11.9. The third-order valence-electron chi connectivity index (χ3n) is 3.35. The summed E-state index contributed by atoms with van der Waals surface area (Å²) in [5.41, 5.74) is 9.22. The monoisotopic (exact) mass is 339 g/mol. The number of guanidine groups is 1. The van der Waals surface area contributed by atoms with E-state index in [0.29, 0.717) is 24.1 Å². The number of benzene rings is 2. The van der Waals surface area contributed by atoms with Crippen LogP contribution in [-0.4, -0.2) is 18.5 Å². The quantitative estimate of drug-likeness (QED) is 0.490. The lowest BCUT2D eigenvalue weighted by molar-refractivity contribution is 0.262. The molecule has 2 amide bonds. The van der Waals surface area contributed by atoms with Crippen molar-refractivity contribution in [2.45, 2.75) is 20.8 Å². The molecule has 0 aliphatic carbocycles. The van der Waals surface area contributed by atoms with Crippen LogP contribution in [0.1, 0.15) is 19.4 Å². The van der Waals surface area contributed by atoms with Crippen LogP contribution >= 0.6 is 0 Å². The average molecular weight is 339 g/mol. The summed E-state index contributed by atoms with van der Waals surface area (Å²) in [5, 5.41) is 8.60. The Kier molecular flexibility index (Phi) is 6.39. The van der Waals surface area contributed by atoms with E-state index in [-0.39, 0.29) is 6.03 Å². The molecule has 0 radical (unpaired) electrons. The van der Waals surface area contributed by atoms with E-state index in [0.717, 1.165) is 16.9 Å². The van der Waals surface area contributed by atoms with Crippen LogP contribution in [-0.2, 0) is 0 Å². The number of urea groups is 1. The van der Waals surface area contributed by atoms with E-state index >= 15 is 0 Å². The van der Waals surface area contributed by atoms with Crippen LogP contribution in [0, 0.1) is 12.8 Å². The minimum Gasteiger partial charge on any atom is -0.370 e. The Labute approximate surface area is 148 Å². The van der Waals surface area contributed by atoms with Crippen LogP contribution in [0.25, 0.3) is 0 Å². The van der Waals surface area contributed by atoms with E-state index in [1.54, 1.807) is 12.1 Å². The molecule has 2 aromatic rings. The van der Waals surface area contributed by atoms with Crippen LogP contribution in [0.5, 0.6) is 0 Å². The summed E-state index contributed by atoms with van der Waals surface area (Å²) in [4.78, 5) is 16.2. The highest BCUT2D eigenvalue weighted by atomic mass is 16.2. The Hall–Kier alpha value is -3.02. The van der Waals surface area contributed by atoms with Crippen LogP contribution in [0.15, 0.2) is 53.5 Å². The molecule has 6 heteroatoms. The smallest absolute Gasteiger partial charge is 0.323 e. The van der Waals surface area contributed by atoms with Gasteiger partial charge in [-0.1, -0.05) is 31.5 Å². The maximum atomic E-state index is 12.0. The summed E-state index contributed by atoms with van der Waals surface area (Å²) in [6.45, 7) is 6.84. The van der Waals surface area contributed by atoms with E-state index in [9.17, 15) is 4.79 Å². The first-order valence-electron chi connectivity index (χ1n) is 8.24. The van der Waals surface area contributed by atoms with Crippen molar-refractivity contribution in [2.75, 3.05) is 22.5 Å². The number of aryl methyl sites for hydroxylation is 1. The molecule has 0 bridgehead atoms. The van der Waals surface area contributed by atoms with E-state index < -0.39 is 0 Å². The molecule has 0 atom stereocenters. The van der Waals surface area contributed by atoms with Gasteiger partial charge in [0.1, 0.15) is 0 Å². The van der Waals surface area contributed by atoms with Crippen molar-refractivity contribution in [3.8, 4) is 0 Å². The van der Waals surface area contributed by atoms with Crippen LogP contribution in [0.4, 0.5) is 21.9 Å². The molecule has 25 heavy (non-hydrogen) atoms. The summed E-state index contributed by atoms with van der Waals surface area (Å²) < 4.78 is 0. The Balaban J connectivity index is 1.88. The fourth-order valence-electron chi connectivity index (χ4n) is 2.04. The van der Waals surface area contributed by atoms with Gasteiger partial charge in [-0.05, 0) is 49.2 Å². The molecule has 0 aromatic heterocycles. The number of aliphatic imine (C=N–C) groups is 1. The van der Waals surface area contributed by atoms with Gasteiger partial charge in [0.2, 0.25) is 0 Å². The number of carbonyl (C=O) groups is 1. The van der Waals surface area contributed by atoms with Gasteiger partial charge in [0.25, 0.3) is 0 Å². The van der Waals surface area contributed by atoms with Crippen molar-refractivity contribution in [1.82, 2.24) is 0 Å². The number of carbonyl (C=O) groups excluding carboxylic acids is 1. The maximum Gasteiger partial charge on any atom is 0.323 e. The van der Waals surface area contributed by atoms with E-state index in [2.05, 4.69) is 34.8 Å². The summed E-state index contributed by atoms with van der Waals surface area (Å²) in [6, 6.07) is 14.6. The Morgan fingerprint density at radius 2 is 1.36 bits per heavy atom. The SMILES string of the molecule is Cc1ccc(NC(=O)Nc2ccc(NC(N)=NCC(C)C)cc2)cc1. The predicted molar refractivity (Wildman–Crippen MR) is 105 cm³/mol. The third-order valence-corrected chi connectivity index (χ3v) is 3.35.